The van der Waals surface area contributed by atoms with Crippen LogP contribution in [0.2, 0.25) is 0 Å². The summed E-state index contributed by atoms with van der Waals surface area (Å²) < 4.78 is 29.5. The van der Waals surface area contributed by atoms with Crippen LogP contribution in [0.4, 0.5) is 0 Å². The number of carbonyl (C=O) groups excluding carboxylic acids is 1. The topological polar surface area (TPSA) is 75.5 Å². The summed E-state index contributed by atoms with van der Waals surface area (Å²) in [5, 5.41) is 4.17. The number of halogens is 1. The summed E-state index contributed by atoms with van der Waals surface area (Å²) in [6.07, 6.45) is 3.53. The van der Waals surface area contributed by atoms with Gasteiger partial charge in [0.15, 0.2) is 0 Å². The van der Waals surface area contributed by atoms with Crippen LogP contribution in [0, 0.1) is 0 Å². The molecular formula is C20H19BrN4O3S. The van der Waals surface area contributed by atoms with Crippen molar-refractivity contribution in [2.24, 2.45) is 0 Å². The van der Waals surface area contributed by atoms with Crippen LogP contribution in [-0.2, 0) is 10.0 Å². The molecule has 0 bridgehead atoms. The second kappa shape index (κ2) is 8.10. The number of amides is 1. The molecule has 4 rings (SSSR count). The molecule has 7 nitrogen and oxygen atoms in total. The summed E-state index contributed by atoms with van der Waals surface area (Å²) in [4.78, 5) is 14.7. The molecule has 0 radical (unpaired) electrons. The van der Waals surface area contributed by atoms with Gasteiger partial charge in [-0.15, -0.1) is 0 Å². The molecule has 0 atom stereocenters. The van der Waals surface area contributed by atoms with E-state index in [2.05, 4.69) is 21.0 Å². The quantitative estimate of drug-likeness (QED) is 0.582. The molecule has 9 heteroatoms. The predicted molar refractivity (Wildman–Crippen MR) is 112 cm³/mol. The molecule has 1 aliphatic rings. The van der Waals surface area contributed by atoms with Gasteiger partial charge < -0.3 is 4.90 Å². The average molecular weight is 475 g/mol. The summed E-state index contributed by atoms with van der Waals surface area (Å²) in [6, 6.07) is 15.8. The Kier molecular flexibility index (Phi) is 5.53. The number of aromatic nitrogens is 2. The lowest BCUT2D eigenvalue weighted by molar-refractivity contribution is 0.0698. The molecule has 2 heterocycles. The average Bonchev–Trinajstić information content (AvgIpc) is 3.28. The summed E-state index contributed by atoms with van der Waals surface area (Å²) in [5.41, 5.74) is 1.44. The molecule has 2 aromatic carbocycles. The summed E-state index contributed by atoms with van der Waals surface area (Å²) in [7, 11) is -3.60. The summed E-state index contributed by atoms with van der Waals surface area (Å²) in [6.45, 7) is 1.23. The van der Waals surface area contributed by atoms with Gasteiger partial charge in [-0.1, -0.05) is 12.1 Å². The van der Waals surface area contributed by atoms with Crippen LogP contribution in [-0.4, -0.2) is 59.5 Å². The number of rotatable bonds is 4. The van der Waals surface area contributed by atoms with E-state index in [1.807, 2.05) is 24.4 Å². The molecule has 1 aliphatic heterocycles. The standard InChI is InChI=1S/C20H19BrN4O3S/c21-18-4-1-2-5-19(18)29(27,28)24-14-12-23(13-15-24)20(26)16-6-8-17(9-7-16)25-11-3-10-22-25/h1-11H,12-15H2. The van der Waals surface area contributed by atoms with Gasteiger partial charge in [-0.2, -0.15) is 9.40 Å². The highest BCUT2D eigenvalue weighted by atomic mass is 79.9. The van der Waals surface area contributed by atoms with Gasteiger partial charge in [-0.3, -0.25) is 4.79 Å². The third kappa shape index (κ3) is 3.98. The molecule has 0 spiro atoms. The second-order valence-electron chi connectivity index (χ2n) is 6.62. The van der Waals surface area contributed by atoms with Gasteiger partial charge in [-0.25, -0.2) is 13.1 Å². The predicted octanol–water partition coefficient (Wildman–Crippen LogP) is 2.78. The Labute approximate surface area is 177 Å². The minimum Gasteiger partial charge on any atom is -0.336 e. The van der Waals surface area contributed by atoms with E-state index in [1.54, 1.807) is 52.2 Å². The minimum atomic E-state index is -3.60. The number of nitrogens with zero attached hydrogens (tertiary/aromatic N) is 4. The highest BCUT2D eigenvalue weighted by Crippen LogP contribution is 2.25. The van der Waals surface area contributed by atoms with Crippen LogP contribution < -0.4 is 0 Å². The first-order valence-corrected chi connectivity index (χ1v) is 11.3. The van der Waals surface area contributed by atoms with E-state index in [0.717, 1.165) is 5.69 Å². The van der Waals surface area contributed by atoms with Gasteiger partial charge in [0.25, 0.3) is 5.91 Å². The Morgan fingerprint density at radius 2 is 1.62 bits per heavy atom. The van der Waals surface area contributed by atoms with E-state index in [1.165, 1.54) is 4.31 Å². The van der Waals surface area contributed by atoms with Crippen molar-refractivity contribution >= 4 is 31.9 Å². The molecule has 0 aliphatic carbocycles. The van der Waals surface area contributed by atoms with Crippen LogP contribution >= 0.6 is 15.9 Å². The van der Waals surface area contributed by atoms with E-state index < -0.39 is 10.0 Å². The zero-order valence-corrected chi connectivity index (χ0v) is 17.9. The van der Waals surface area contributed by atoms with Crippen LogP contribution in [0.5, 0.6) is 0 Å². The van der Waals surface area contributed by atoms with E-state index in [0.29, 0.717) is 23.1 Å². The van der Waals surface area contributed by atoms with Gasteiger partial charge in [0.2, 0.25) is 10.0 Å². The van der Waals surface area contributed by atoms with Crippen molar-refractivity contribution < 1.29 is 13.2 Å². The summed E-state index contributed by atoms with van der Waals surface area (Å²) >= 11 is 3.31. The Bertz CT molecular complexity index is 1110. The number of benzene rings is 2. The van der Waals surface area contributed by atoms with Gasteiger partial charge in [0.05, 0.1) is 10.6 Å². The normalized spacial score (nSPS) is 15.4. The summed E-state index contributed by atoms with van der Waals surface area (Å²) in [5.74, 6) is -0.102. The number of hydrogen-bond donors (Lipinski definition) is 0. The molecule has 1 saturated heterocycles. The van der Waals surface area contributed by atoms with Gasteiger partial charge in [-0.05, 0) is 58.4 Å². The number of piperazine rings is 1. The Hall–Kier alpha value is -2.49. The van der Waals surface area contributed by atoms with E-state index in [9.17, 15) is 13.2 Å². The number of sulfonamides is 1. The van der Waals surface area contributed by atoms with Crippen LogP contribution in [0.3, 0.4) is 0 Å². The van der Waals surface area contributed by atoms with Crippen molar-refractivity contribution in [3.05, 3.63) is 77.0 Å². The van der Waals surface area contributed by atoms with Crippen molar-refractivity contribution in [2.45, 2.75) is 4.90 Å². The maximum Gasteiger partial charge on any atom is 0.253 e. The third-order valence-electron chi connectivity index (χ3n) is 4.86. The van der Waals surface area contributed by atoms with Crippen LogP contribution in [0.15, 0.2) is 76.4 Å². The highest BCUT2D eigenvalue weighted by molar-refractivity contribution is 9.10. The maximum atomic E-state index is 12.9. The highest BCUT2D eigenvalue weighted by Gasteiger charge is 2.31. The van der Waals surface area contributed by atoms with Crippen molar-refractivity contribution in [1.29, 1.82) is 0 Å². The molecule has 3 aromatic rings. The fourth-order valence-electron chi connectivity index (χ4n) is 3.29. The zero-order valence-electron chi connectivity index (χ0n) is 15.5. The number of hydrogen-bond acceptors (Lipinski definition) is 4. The number of carbonyl (C=O) groups is 1. The first-order valence-electron chi connectivity index (χ1n) is 9.11. The molecule has 0 unspecified atom stereocenters. The van der Waals surface area contributed by atoms with Crippen molar-refractivity contribution in [3.63, 3.8) is 0 Å². The van der Waals surface area contributed by atoms with Gasteiger partial charge in [0.1, 0.15) is 0 Å². The molecule has 1 fully saturated rings. The van der Waals surface area contributed by atoms with E-state index >= 15 is 0 Å². The largest absolute Gasteiger partial charge is 0.336 e. The lowest BCUT2D eigenvalue weighted by Crippen LogP contribution is -2.50. The molecule has 150 valence electrons. The first-order chi connectivity index (χ1) is 14.0. The SMILES string of the molecule is O=C(c1ccc(-n2cccn2)cc1)N1CCN(S(=O)(=O)c2ccccc2Br)CC1. The van der Waals surface area contributed by atoms with E-state index in [4.69, 9.17) is 0 Å². The van der Waals surface area contributed by atoms with Crippen LogP contribution in [0.1, 0.15) is 10.4 Å². The van der Waals surface area contributed by atoms with E-state index in [-0.39, 0.29) is 23.9 Å². The van der Waals surface area contributed by atoms with Crippen molar-refractivity contribution in [2.75, 3.05) is 26.2 Å². The molecule has 0 saturated carbocycles. The molecule has 29 heavy (non-hydrogen) atoms. The monoisotopic (exact) mass is 474 g/mol. The first kappa shape index (κ1) is 19.8. The fourth-order valence-corrected chi connectivity index (χ4v) is 5.67. The molecule has 1 aromatic heterocycles. The third-order valence-corrected chi connectivity index (χ3v) is 7.77. The van der Waals surface area contributed by atoms with Crippen molar-refractivity contribution in [3.8, 4) is 5.69 Å². The van der Waals surface area contributed by atoms with Gasteiger partial charge in [0, 0.05) is 48.6 Å². The fraction of sp³-hybridized carbons (Fsp3) is 0.200. The van der Waals surface area contributed by atoms with Gasteiger partial charge >= 0.3 is 0 Å². The Balaban J connectivity index is 1.43. The molecule has 0 N–H and O–H groups in total. The second-order valence-corrected chi connectivity index (χ2v) is 9.38. The van der Waals surface area contributed by atoms with Crippen LogP contribution in [0.25, 0.3) is 5.69 Å². The van der Waals surface area contributed by atoms with Crippen molar-refractivity contribution in [1.82, 2.24) is 19.0 Å². The lowest BCUT2D eigenvalue weighted by atomic mass is 10.1. The minimum absolute atomic E-state index is 0.102. The Morgan fingerprint density at radius 1 is 0.931 bits per heavy atom. The molecular weight excluding hydrogens is 456 g/mol. The molecule has 1 amide bonds. The zero-order chi connectivity index (χ0) is 20.4. The Morgan fingerprint density at radius 3 is 2.24 bits per heavy atom. The lowest BCUT2D eigenvalue weighted by Gasteiger charge is -2.34. The smallest absolute Gasteiger partial charge is 0.253 e. The maximum absolute atomic E-state index is 12.9.